The van der Waals surface area contributed by atoms with Crippen molar-refractivity contribution in [3.8, 4) is 0 Å². The highest BCUT2D eigenvalue weighted by Crippen LogP contribution is 2.24. The highest BCUT2D eigenvalue weighted by molar-refractivity contribution is 5.77. The molecule has 2 rings (SSSR count). The van der Waals surface area contributed by atoms with Gasteiger partial charge in [-0.3, -0.25) is 0 Å². The highest BCUT2D eigenvalue weighted by Gasteiger charge is 2.14. The summed E-state index contributed by atoms with van der Waals surface area (Å²) in [6.07, 6.45) is 0. The molecule has 1 aromatic carbocycles. The molecular weight excluding hydrogens is 234 g/mol. The number of rotatable bonds is 4. The average Bonchev–Trinajstić information content (AvgIpc) is 2.66. The van der Waals surface area contributed by atoms with E-state index in [9.17, 15) is 0 Å². The summed E-state index contributed by atoms with van der Waals surface area (Å²) in [6.45, 7) is 13.2. The number of aromatic nitrogens is 2. The maximum Gasteiger partial charge on any atom is 0.126 e. The Bertz CT molecular complexity index is 606. The molecule has 19 heavy (non-hydrogen) atoms. The van der Waals surface area contributed by atoms with E-state index in [2.05, 4.69) is 43.2 Å². The fraction of sp³-hybridized carbons (Fsp3) is 0.438. The highest BCUT2D eigenvalue weighted by atomic mass is 15.1. The van der Waals surface area contributed by atoms with Crippen molar-refractivity contribution < 1.29 is 0 Å². The van der Waals surface area contributed by atoms with E-state index in [0.717, 1.165) is 29.0 Å². The lowest BCUT2D eigenvalue weighted by atomic mass is 10.0. The predicted molar refractivity (Wildman–Crippen MR) is 81.2 cm³/mol. The van der Waals surface area contributed by atoms with Gasteiger partial charge in [0.2, 0.25) is 0 Å². The van der Waals surface area contributed by atoms with Crippen LogP contribution in [0, 0.1) is 0 Å². The van der Waals surface area contributed by atoms with Crippen LogP contribution in [0.2, 0.25) is 0 Å². The zero-order valence-corrected chi connectivity index (χ0v) is 12.3. The third kappa shape index (κ3) is 2.71. The lowest BCUT2D eigenvalue weighted by molar-refractivity contribution is 0.660. The van der Waals surface area contributed by atoms with Crippen molar-refractivity contribution in [1.82, 2.24) is 9.55 Å². The Morgan fingerprint density at radius 1 is 1.37 bits per heavy atom. The first kappa shape index (κ1) is 13.8. The molecule has 1 aromatic heterocycles. The van der Waals surface area contributed by atoms with Gasteiger partial charge in [0.05, 0.1) is 17.1 Å². The first-order valence-corrected chi connectivity index (χ1v) is 6.80. The first-order chi connectivity index (χ1) is 8.90. The van der Waals surface area contributed by atoms with E-state index in [1.54, 1.807) is 0 Å². The topological polar surface area (TPSA) is 43.8 Å². The van der Waals surface area contributed by atoms with Gasteiger partial charge in [-0.05, 0) is 37.5 Å². The molecule has 1 heterocycles. The summed E-state index contributed by atoms with van der Waals surface area (Å²) in [7, 11) is 0. The number of fused-ring (bicyclic) bond motifs is 1. The first-order valence-electron chi connectivity index (χ1n) is 6.80. The number of imidazole rings is 1. The largest absolute Gasteiger partial charge is 0.323 e. The molecule has 0 aliphatic rings. The molecule has 0 fully saturated rings. The quantitative estimate of drug-likeness (QED) is 0.848. The molecule has 102 valence electrons. The summed E-state index contributed by atoms with van der Waals surface area (Å²) < 4.78 is 2.17. The fourth-order valence-electron chi connectivity index (χ4n) is 2.31. The van der Waals surface area contributed by atoms with Crippen LogP contribution in [0.15, 0.2) is 30.4 Å². The second-order valence-corrected chi connectivity index (χ2v) is 5.70. The zero-order valence-electron chi connectivity index (χ0n) is 12.3. The summed E-state index contributed by atoms with van der Waals surface area (Å²) in [5.74, 6) is 1.44. The molecule has 2 N–H and O–H groups in total. The van der Waals surface area contributed by atoms with Gasteiger partial charge in [-0.1, -0.05) is 32.1 Å². The molecule has 1 unspecified atom stereocenters. The Labute approximate surface area is 115 Å². The van der Waals surface area contributed by atoms with E-state index >= 15 is 0 Å². The lowest BCUT2D eigenvalue weighted by Gasteiger charge is -2.11. The number of nitrogens with two attached hydrogens (primary N) is 1. The van der Waals surface area contributed by atoms with E-state index in [4.69, 9.17) is 10.7 Å². The van der Waals surface area contributed by atoms with Crippen LogP contribution in [-0.2, 0) is 6.54 Å². The average molecular weight is 257 g/mol. The monoisotopic (exact) mass is 257 g/mol. The molecule has 3 nitrogen and oxygen atoms in total. The lowest BCUT2D eigenvalue weighted by Crippen LogP contribution is -2.14. The Morgan fingerprint density at radius 3 is 2.58 bits per heavy atom. The minimum absolute atomic E-state index is 0.0748. The Hall–Kier alpha value is -1.61. The molecule has 0 bridgehead atoms. The fourth-order valence-corrected chi connectivity index (χ4v) is 2.31. The van der Waals surface area contributed by atoms with E-state index in [0.29, 0.717) is 5.92 Å². The van der Waals surface area contributed by atoms with Gasteiger partial charge in [0, 0.05) is 6.54 Å². The Kier molecular flexibility index (Phi) is 3.76. The molecule has 2 aromatic rings. The summed E-state index contributed by atoms with van der Waals surface area (Å²) >= 11 is 0. The molecule has 1 atom stereocenters. The van der Waals surface area contributed by atoms with Gasteiger partial charge in [-0.15, -0.1) is 0 Å². The van der Waals surface area contributed by atoms with Crippen molar-refractivity contribution >= 4 is 11.0 Å². The molecule has 0 aliphatic carbocycles. The van der Waals surface area contributed by atoms with Crippen LogP contribution in [0.3, 0.4) is 0 Å². The summed E-state index contributed by atoms with van der Waals surface area (Å²) in [5, 5.41) is 0. The van der Waals surface area contributed by atoms with Gasteiger partial charge < -0.3 is 10.3 Å². The van der Waals surface area contributed by atoms with Crippen molar-refractivity contribution in [3.63, 3.8) is 0 Å². The van der Waals surface area contributed by atoms with Crippen molar-refractivity contribution in [2.75, 3.05) is 0 Å². The molecule has 0 spiro atoms. The van der Waals surface area contributed by atoms with Gasteiger partial charge >= 0.3 is 0 Å². The second kappa shape index (κ2) is 5.17. The Balaban J connectivity index is 2.62. The minimum atomic E-state index is -0.0748. The third-order valence-electron chi connectivity index (χ3n) is 3.30. The number of hydrogen-bond donors (Lipinski definition) is 1. The maximum atomic E-state index is 6.04. The molecule has 0 radical (unpaired) electrons. The molecule has 0 saturated heterocycles. The molecule has 3 heteroatoms. The SMILES string of the molecule is C=C(C)Cn1c(C(C)N)nc2cc(C(C)C)ccc21. The molecule has 0 aliphatic heterocycles. The van der Waals surface area contributed by atoms with Crippen LogP contribution in [-0.4, -0.2) is 9.55 Å². The van der Waals surface area contributed by atoms with Crippen molar-refractivity contribution in [3.05, 3.63) is 41.7 Å². The maximum absolute atomic E-state index is 6.04. The summed E-state index contributed by atoms with van der Waals surface area (Å²) in [4.78, 5) is 4.71. The van der Waals surface area contributed by atoms with Crippen molar-refractivity contribution in [1.29, 1.82) is 0 Å². The molecule has 0 saturated carbocycles. The summed E-state index contributed by atoms with van der Waals surface area (Å²) in [5.41, 5.74) is 10.6. The molecular formula is C16H23N3. The smallest absolute Gasteiger partial charge is 0.126 e. The van der Waals surface area contributed by atoms with Gasteiger partial charge in [0.1, 0.15) is 5.82 Å². The van der Waals surface area contributed by atoms with Crippen LogP contribution in [0.4, 0.5) is 0 Å². The Morgan fingerprint density at radius 2 is 2.05 bits per heavy atom. The number of hydrogen-bond acceptors (Lipinski definition) is 2. The summed E-state index contributed by atoms with van der Waals surface area (Å²) in [6, 6.07) is 6.41. The van der Waals surface area contributed by atoms with Gasteiger partial charge in [-0.2, -0.15) is 0 Å². The minimum Gasteiger partial charge on any atom is -0.323 e. The van der Waals surface area contributed by atoms with E-state index in [-0.39, 0.29) is 6.04 Å². The predicted octanol–water partition coefficient (Wildman–Crippen LogP) is 3.76. The third-order valence-corrected chi connectivity index (χ3v) is 3.30. The van der Waals surface area contributed by atoms with E-state index < -0.39 is 0 Å². The van der Waals surface area contributed by atoms with Crippen LogP contribution >= 0.6 is 0 Å². The van der Waals surface area contributed by atoms with Crippen LogP contribution in [0.5, 0.6) is 0 Å². The van der Waals surface area contributed by atoms with Crippen molar-refractivity contribution in [2.45, 2.75) is 46.2 Å². The number of allylic oxidation sites excluding steroid dienone is 1. The normalized spacial score (nSPS) is 13.2. The molecule has 0 amide bonds. The van der Waals surface area contributed by atoms with Gasteiger partial charge in [-0.25, -0.2) is 4.98 Å². The van der Waals surface area contributed by atoms with Crippen LogP contribution in [0.25, 0.3) is 11.0 Å². The van der Waals surface area contributed by atoms with E-state index in [1.807, 2.05) is 13.8 Å². The van der Waals surface area contributed by atoms with Gasteiger partial charge in [0.15, 0.2) is 0 Å². The van der Waals surface area contributed by atoms with E-state index in [1.165, 1.54) is 5.56 Å². The zero-order chi connectivity index (χ0) is 14.2. The van der Waals surface area contributed by atoms with Crippen molar-refractivity contribution in [2.24, 2.45) is 5.73 Å². The standard InChI is InChI=1S/C16H23N3/c1-10(2)9-19-15-7-6-13(11(3)4)8-14(15)18-16(19)12(5)17/h6-8,11-12H,1,9,17H2,2-5H3. The van der Waals surface area contributed by atoms with Crippen LogP contribution in [0.1, 0.15) is 51.0 Å². The number of nitrogens with zero attached hydrogens (tertiary/aromatic N) is 2. The second-order valence-electron chi connectivity index (χ2n) is 5.70. The van der Waals surface area contributed by atoms with Crippen LogP contribution < -0.4 is 5.73 Å². The number of benzene rings is 1. The van der Waals surface area contributed by atoms with Gasteiger partial charge in [0.25, 0.3) is 0 Å².